The SMILES string of the molecule is COc1cccc(/C=C2\C(=O)NC(=S)N(c3ccccc3)C2=O)c1O[C@H](C)C(=O)O. The van der Waals surface area contributed by atoms with Gasteiger partial charge in [-0.15, -0.1) is 0 Å². The van der Waals surface area contributed by atoms with Crippen molar-refractivity contribution in [3.05, 3.63) is 59.7 Å². The molecular formula is C21H18N2O6S. The number of methoxy groups -OCH3 is 1. The van der Waals surface area contributed by atoms with Crippen LogP contribution in [0.3, 0.4) is 0 Å². The van der Waals surface area contributed by atoms with Crippen LogP contribution in [0, 0.1) is 0 Å². The molecule has 0 aliphatic carbocycles. The second-order valence-electron chi connectivity index (χ2n) is 6.27. The molecule has 1 aliphatic heterocycles. The molecule has 2 N–H and O–H groups in total. The average molecular weight is 426 g/mol. The summed E-state index contributed by atoms with van der Waals surface area (Å²) < 4.78 is 10.8. The van der Waals surface area contributed by atoms with Crippen molar-refractivity contribution in [2.45, 2.75) is 13.0 Å². The van der Waals surface area contributed by atoms with Crippen LogP contribution in [-0.4, -0.2) is 41.2 Å². The Morgan fingerprint density at radius 3 is 2.50 bits per heavy atom. The molecule has 1 aliphatic rings. The van der Waals surface area contributed by atoms with E-state index in [1.54, 1.807) is 48.5 Å². The number of thiocarbonyl (C=S) groups is 1. The normalized spacial score (nSPS) is 16.3. The summed E-state index contributed by atoms with van der Waals surface area (Å²) in [6.45, 7) is 1.36. The van der Waals surface area contributed by atoms with Gasteiger partial charge in [0.1, 0.15) is 5.57 Å². The zero-order valence-electron chi connectivity index (χ0n) is 16.1. The maximum Gasteiger partial charge on any atom is 0.344 e. The van der Waals surface area contributed by atoms with Crippen molar-refractivity contribution >= 4 is 46.9 Å². The summed E-state index contributed by atoms with van der Waals surface area (Å²) in [4.78, 5) is 38.0. The number of rotatable bonds is 6. The zero-order valence-corrected chi connectivity index (χ0v) is 16.9. The number of carboxylic acid groups (broad SMARTS) is 1. The summed E-state index contributed by atoms with van der Waals surface area (Å²) in [5, 5.41) is 11.6. The van der Waals surface area contributed by atoms with Gasteiger partial charge in [0.15, 0.2) is 22.7 Å². The van der Waals surface area contributed by atoms with Gasteiger partial charge in [-0.25, -0.2) is 4.79 Å². The van der Waals surface area contributed by atoms with Gasteiger partial charge in [-0.3, -0.25) is 19.8 Å². The molecule has 0 bridgehead atoms. The van der Waals surface area contributed by atoms with Crippen LogP contribution in [0.25, 0.3) is 6.08 Å². The van der Waals surface area contributed by atoms with Crippen molar-refractivity contribution in [1.29, 1.82) is 0 Å². The van der Waals surface area contributed by atoms with Gasteiger partial charge in [-0.2, -0.15) is 0 Å². The molecule has 1 saturated heterocycles. The van der Waals surface area contributed by atoms with E-state index in [0.29, 0.717) is 11.3 Å². The molecule has 0 spiro atoms. The first-order chi connectivity index (χ1) is 14.3. The number of carbonyl (C=O) groups is 3. The highest BCUT2D eigenvalue weighted by atomic mass is 32.1. The van der Waals surface area contributed by atoms with Gasteiger partial charge in [0.25, 0.3) is 11.8 Å². The minimum atomic E-state index is -1.18. The van der Waals surface area contributed by atoms with E-state index in [2.05, 4.69) is 5.32 Å². The fraction of sp³-hybridized carbons (Fsp3) is 0.143. The summed E-state index contributed by atoms with van der Waals surface area (Å²) in [7, 11) is 1.40. The number of carbonyl (C=O) groups excluding carboxylic acids is 2. The second kappa shape index (κ2) is 8.75. The van der Waals surface area contributed by atoms with E-state index in [0.717, 1.165) is 0 Å². The topological polar surface area (TPSA) is 105 Å². The van der Waals surface area contributed by atoms with Crippen LogP contribution >= 0.6 is 12.2 Å². The van der Waals surface area contributed by atoms with E-state index >= 15 is 0 Å². The molecule has 30 heavy (non-hydrogen) atoms. The average Bonchev–Trinajstić information content (AvgIpc) is 2.72. The number of hydrogen-bond donors (Lipinski definition) is 2. The van der Waals surface area contributed by atoms with Crippen LogP contribution in [-0.2, 0) is 14.4 Å². The lowest BCUT2D eigenvalue weighted by Gasteiger charge is -2.29. The quantitative estimate of drug-likeness (QED) is 0.415. The van der Waals surface area contributed by atoms with Crippen LogP contribution in [0.1, 0.15) is 12.5 Å². The van der Waals surface area contributed by atoms with Gasteiger partial charge < -0.3 is 14.6 Å². The second-order valence-corrected chi connectivity index (χ2v) is 6.66. The molecule has 1 atom stereocenters. The van der Waals surface area contributed by atoms with Gasteiger partial charge in [0, 0.05) is 5.56 Å². The summed E-state index contributed by atoms with van der Waals surface area (Å²) in [5.74, 6) is -2.10. The fourth-order valence-corrected chi connectivity index (χ4v) is 3.07. The first kappa shape index (κ1) is 21.0. The van der Waals surface area contributed by atoms with E-state index < -0.39 is 23.9 Å². The molecule has 0 saturated carbocycles. The fourth-order valence-electron chi connectivity index (χ4n) is 2.79. The highest BCUT2D eigenvalue weighted by Crippen LogP contribution is 2.34. The van der Waals surface area contributed by atoms with Crippen LogP contribution in [0.5, 0.6) is 11.5 Å². The number of para-hydroxylation sites is 2. The Morgan fingerprint density at radius 2 is 1.87 bits per heavy atom. The third-order valence-corrected chi connectivity index (χ3v) is 4.57. The molecule has 9 heteroatoms. The Morgan fingerprint density at radius 1 is 1.17 bits per heavy atom. The first-order valence-electron chi connectivity index (χ1n) is 8.86. The molecular weight excluding hydrogens is 408 g/mol. The van der Waals surface area contributed by atoms with Crippen LogP contribution < -0.4 is 19.7 Å². The summed E-state index contributed by atoms with van der Waals surface area (Å²) in [6.07, 6.45) is 0.143. The van der Waals surface area contributed by atoms with Gasteiger partial charge in [0.2, 0.25) is 0 Å². The largest absolute Gasteiger partial charge is 0.493 e. The van der Waals surface area contributed by atoms with Crippen LogP contribution in [0.4, 0.5) is 5.69 Å². The van der Waals surface area contributed by atoms with Crippen molar-refractivity contribution in [3.8, 4) is 11.5 Å². The van der Waals surface area contributed by atoms with E-state index in [1.807, 2.05) is 0 Å². The Kier molecular flexibility index (Phi) is 6.12. The predicted molar refractivity (Wildman–Crippen MR) is 113 cm³/mol. The number of hydrogen-bond acceptors (Lipinski definition) is 6. The minimum absolute atomic E-state index is 0.0324. The molecule has 1 fully saturated rings. The molecule has 0 aromatic heterocycles. The number of anilines is 1. The monoisotopic (exact) mass is 426 g/mol. The zero-order chi connectivity index (χ0) is 21.8. The summed E-state index contributed by atoms with van der Waals surface area (Å²) in [6, 6.07) is 13.5. The van der Waals surface area contributed by atoms with Crippen LogP contribution in [0.15, 0.2) is 54.1 Å². The number of nitrogens with one attached hydrogen (secondary N) is 1. The van der Waals surface area contributed by atoms with Gasteiger partial charge in [0.05, 0.1) is 12.8 Å². The van der Waals surface area contributed by atoms with Crippen molar-refractivity contribution in [3.63, 3.8) is 0 Å². The molecule has 3 rings (SSSR count). The van der Waals surface area contributed by atoms with Crippen molar-refractivity contribution in [2.24, 2.45) is 0 Å². The molecule has 0 radical (unpaired) electrons. The number of amides is 2. The number of nitrogens with zero attached hydrogens (tertiary/aromatic N) is 1. The lowest BCUT2D eigenvalue weighted by molar-refractivity contribution is -0.144. The molecule has 2 aromatic carbocycles. The van der Waals surface area contributed by atoms with Gasteiger partial charge >= 0.3 is 5.97 Å². The standard InChI is InChI=1S/C21H18N2O6S/c1-12(20(26)27)29-17-13(7-6-10-16(17)28-2)11-15-18(24)22-21(30)23(19(15)25)14-8-4-3-5-9-14/h3-12H,1-2H3,(H,26,27)(H,22,24,30)/b15-11+/t12-/m1/s1. The third kappa shape index (κ3) is 4.15. The number of benzene rings is 2. The molecule has 8 nitrogen and oxygen atoms in total. The van der Waals surface area contributed by atoms with Crippen LogP contribution in [0.2, 0.25) is 0 Å². The predicted octanol–water partition coefficient (Wildman–Crippen LogP) is 2.38. The van der Waals surface area contributed by atoms with Gasteiger partial charge in [-0.1, -0.05) is 30.3 Å². The molecule has 0 unspecified atom stereocenters. The van der Waals surface area contributed by atoms with Gasteiger partial charge in [-0.05, 0) is 43.4 Å². The van der Waals surface area contributed by atoms with E-state index in [4.69, 9.17) is 21.7 Å². The third-order valence-electron chi connectivity index (χ3n) is 4.29. The highest BCUT2D eigenvalue weighted by molar-refractivity contribution is 7.80. The molecule has 2 amide bonds. The molecule has 2 aromatic rings. The van der Waals surface area contributed by atoms with E-state index in [9.17, 15) is 19.5 Å². The Labute approximate surface area is 177 Å². The molecule has 1 heterocycles. The lowest BCUT2D eigenvalue weighted by Crippen LogP contribution is -2.54. The molecule has 154 valence electrons. The van der Waals surface area contributed by atoms with E-state index in [1.165, 1.54) is 25.0 Å². The Hall–Kier alpha value is -3.72. The number of ether oxygens (including phenoxy) is 2. The van der Waals surface area contributed by atoms with E-state index in [-0.39, 0.29) is 22.2 Å². The Balaban J connectivity index is 2.07. The lowest BCUT2D eigenvalue weighted by atomic mass is 10.1. The number of aliphatic carboxylic acids is 1. The maximum atomic E-state index is 13.1. The summed E-state index contributed by atoms with van der Waals surface area (Å²) in [5.41, 5.74) is 0.621. The Bertz CT molecular complexity index is 1050. The number of carboxylic acids is 1. The minimum Gasteiger partial charge on any atom is -0.493 e. The maximum absolute atomic E-state index is 13.1. The smallest absolute Gasteiger partial charge is 0.344 e. The first-order valence-corrected chi connectivity index (χ1v) is 9.27. The highest BCUT2D eigenvalue weighted by Gasteiger charge is 2.34. The van der Waals surface area contributed by atoms with Crippen molar-refractivity contribution in [2.75, 3.05) is 12.0 Å². The van der Waals surface area contributed by atoms with Crippen molar-refractivity contribution < 1.29 is 29.0 Å². The summed E-state index contributed by atoms with van der Waals surface area (Å²) >= 11 is 5.17. The van der Waals surface area contributed by atoms with Crippen molar-refractivity contribution in [1.82, 2.24) is 5.32 Å².